The van der Waals surface area contributed by atoms with Crippen molar-refractivity contribution >= 4 is 11.8 Å². The van der Waals surface area contributed by atoms with Gasteiger partial charge in [-0.15, -0.1) is 0 Å². The fourth-order valence-electron chi connectivity index (χ4n) is 5.66. The number of rotatable bonds is 4. The van der Waals surface area contributed by atoms with E-state index in [2.05, 4.69) is 53.8 Å². The summed E-state index contributed by atoms with van der Waals surface area (Å²) < 4.78 is 0. The van der Waals surface area contributed by atoms with Crippen molar-refractivity contribution in [1.82, 2.24) is 5.32 Å². The summed E-state index contributed by atoms with van der Waals surface area (Å²) in [6, 6.07) is 7.40. The van der Waals surface area contributed by atoms with Crippen LogP contribution in [0, 0.1) is 33.5 Å². The van der Waals surface area contributed by atoms with Gasteiger partial charge in [0.25, 0.3) is 0 Å². The molecule has 0 radical (unpaired) electrons. The van der Waals surface area contributed by atoms with Gasteiger partial charge in [-0.2, -0.15) is 0 Å². The zero-order valence-corrected chi connectivity index (χ0v) is 19.8. The first kappa shape index (κ1) is 23.4. The molecule has 29 heavy (non-hydrogen) atoms. The van der Waals surface area contributed by atoms with E-state index in [1.165, 1.54) is 0 Å². The maximum Gasteiger partial charge on any atom is 0.231 e. The molecule has 0 aromatic heterocycles. The van der Waals surface area contributed by atoms with Gasteiger partial charge in [0, 0.05) is 0 Å². The molecular formula is C25H39NO3. The molecule has 0 aliphatic carbocycles. The molecule has 2 rings (SSSR count). The molecule has 4 heteroatoms. The maximum absolute atomic E-state index is 13.0. The summed E-state index contributed by atoms with van der Waals surface area (Å²) in [5.41, 5.74) is -0.0570. The first-order chi connectivity index (χ1) is 12.9. The Balaban J connectivity index is 2.64. The fraction of sp³-hybridized carbons (Fsp3) is 0.680. The van der Waals surface area contributed by atoms with Gasteiger partial charge >= 0.3 is 0 Å². The average molecular weight is 402 g/mol. The average Bonchev–Trinajstić information content (AvgIpc) is 2.82. The molecule has 162 valence electrons. The van der Waals surface area contributed by atoms with Crippen LogP contribution >= 0.6 is 0 Å². The summed E-state index contributed by atoms with van der Waals surface area (Å²) in [7, 11) is 0. The van der Waals surface area contributed by atoms with Crippen LogP contribution in [-0.2, 0) is 9.59 Å². The van der Waals surface area contributed by atoms with Crippen molar-refractivity contribution in [2.45, 2.75) is 75.2 Å². The molecule has 3 atom stereocenters. The number of aromatic hydroxyl groups is 1. The topological polar surface area (TPSA) is 66.4 Å². The van der Waals surface area contributed by atoms with E-state index in [1.54, 1.807) is 12.1 Å². The third-order valence-electron chi connectivity index (χ3n) is 7.33. The predicted molar refractivity (Wildman–Crippen MR) is 117 cm³/mol. The molecule has 4 nitrogen and oxygen atoms in total. The van der Waals surface area contributed by atoms with Gasteiger partial charge in [0.15, 0.2) is 0 Å². The normalized spacial score (nSPS) is 22.6. The summed E-state index contributed by atoms with van der Waals surface area (Å²) in [6.07, 6.45) is 0. The van der Waals surface area contributed by atoms with Crippen molar-refractivity contribution in [3.8, 4) is 5.75 Å². The van der Waals surface area contributed by atoms with E-state index < -0.39 is 11.3 Å². The molecule has 1 aliphatic heterocycles. The molecular weight excluding hydrogens is 362 g/mol. The van der Waals surface area contributed by atoms with Crippen molar-refractivity contribution in [3.63, 3.8) is 0 Å². The van der Waals surface area contributed by atoms with Crippen LogP contribution in [0.5, 0.6) is 5.75 Å². The van der Waals surface area contributed by atoms with E-state index in [0.717, 1.165) is 5.56 Å². The van der Waals surface area contributed by atoms with Crippen LogP contribution in [0.3, 0.4) is 0 Å². The summed E-state index contributed by atoms with van der Waals surface area (Å²) >= 11 is 0. The minimum absolute atomic E-state index is 0.0892. The summed E-state index contributed by atoms with van der Waals surface area (Å²) in [5, 5.41) is 12.4. The highest BCUT2D eigenvalue weighted by Gasteiger charge is 2.60. The molecule has 3 unspecified atom stereocenters. The number of hydrogen-bond acceptors (Lipinski definition) is 3. The van der Waals surface area contributed by atoms with Crippen molar-refractivity contribution < 1.29 is 14.7 Å². The van der Waals surface area contributed by atoms with Crippen LogP contribution in [0.15, 0.2) is 24.3 Å². The zero-order chi connectivity index (χ0) is 22.6. The predicted octanol–water partition coefficient (Wildman–Crippen LogP) is 5.51. The Labute approximate surface area is 176 Å². The highest BCUT2D eigenvalue weighted by molar-refractivity contribution is 6.05. The van der Waals surface area contributed by atoms with Gasteiger partial charge < -0.3 is 5.11 Å². The van der Waals surface area contributed by atoms with E-state index in [-0.39, 0.29) is 45.6 Å². The number of hydrogen-bond donors (Lipinski definition) is 2. The van der Waals surface area contributed by atoms with Gasteiger partial charge in [0.1, 0.15) is 5.75 Å². The lowest BCUT2D eigenvalue weighted by atomic mass is 9.48. The second kappa shape index (κ2) is 7.14. The Kier molecular flexibility index (Phi) is 5.77. The molecule has 1 aromatic carbocycles. The number of benzene rings is 1. The molecule has 1 fully saturated rings. The number of imide groups is 1. The minimum Gasteiger partial charge on any atom is -0.508 e. The SMILES string of the molecule is CC(C)(C)C1C(=O)NC(=O)C1C(C)(C)C(C)(C)C(c1ccc(O)cc1)C(C)(C)C. The molecule has 1 aliphatic rings. The summed E-state index contributed by atoms with van der Waals surface area (Å²) in [4.78, 5) is 25.8. The number of carbonyl (C=O) groups is 2. The quantitative estimate of drug-likeness (QED) is 0.654. The largest absolute Gasteiger partial charge is 0.508 e. The van der Waals surface area contributed by atoms with Gasteiger partial charge in [-0.05, 0) is 45.3 Å². The standard InChI is InChI=1S/C25H39NO3/c1-22(2,3)17-18(21(29)26-20(17)28)24(7,8)25(9,10)19(23(4,5)6)15-11-13-16(27)14-12-15/h11-14,17-19,27H,1-10H3,(H,26,28,29). The molecule has 1 saturated heterocycles. The van der Waals surface area contributed by atoms with Crippen molar-refractivity contribution in [3.05, 3.63) is 29.8 Å². The van der Waals surface area contributed by atoms with E-state index in [9.17, 15) is 14.7 Å². The van der Waals surface area contributed by atoms with Crippen molar-refractivity contribution in [1.29, 1.82) is 0 Å². The Hall–Kier alpha value is -1.84. The number of nitrogens with one attached hydrogen (secondary N) is 1. The van der Waals surface area contributed by atoms with Gasteiger partial charge in [0.05, 0.1) is 11.8 Å². The molecule has 2 amide bonds. The lowest BCUT2D eigenvalue weighted by molar-refractivity contribution is -0.135. The summed E-state index contributed by atoms with van der Waals surface area (Å²) in [5.74, 6) is -0.752. The van der Waals surface area contributed by atoms with Gasteiger partial charge in [-0.25, -0.2) is 0 Å². The number of carbonyl (C=O) groups excluding carboxylic acids is 2. The van der Waals surface area contributed by atoms with E-state index >= 15 is 0 Å². The highest BCUT2D eigenvalue weighted by Crippen LogP contribution is 2.61. The smallest absolute Gasteiger partial charge is 0.231 e. The first-order valence-corrected chi connectivity index (χ1v) is 10.6. The van der Waals surface area contributed by atoms with Crippen molar-refractivity contribution in [2.75, 3.05) is 0 Å². The van der Waals surface area contributed by atoms with Crippen LogP contribution in [0.25, 0.3) is 0 Å². The van der Waals surface area contributed by atoms with Crippen LogP contribution in [-0.4, -0.2) is 16.9 Å². The van der Waals surface area contributed by atoms with E-state index in [4.69, 9.17) is 0 Å². The zero-order valence-electron chi connectivity index (χ0n) is 19.8. The van der Waals surface area contributed by atoms with Crippen LogP contribution in [0.1, 0.15) is 80.7 Å². The maximum atomic E-state index is 13.0. The minimum atomic E-state index is -0.461. The Morgan fingerprint density at radius 3 is 1.66 bits per heavy atom. The van der Waals surface area contributed by atoms with Crippen LogP contribution < -0.4 is 5.32 Å². The van der Waals surface area contributed by atoms with Crippen LogP contribution in [0.2, 0.25) is 0 Å². The second-order valence-electron chi connectivity index (χ2n) is 12.0. The second-order valence-corrected chi connectivity index (χ2v) is 12.0. The lowest BCUT2D eigenvalue weighted by Crippen LogP contribution is -2.51. The van der Waals surface area contributed by atoms with Gasteiger partial charge in [-0.3, -0.25) is 14.9 Å². The lowest BCUT2D eigenvalue weighted by Gasteiger charge is -2.55. The van der Waals surface area contributed by atoms with E-state index in [1.807, 2.05) is 32.9 Å². The summed E-state index contributed by atoms with van der Waals surface area (Å²) in [6.45, 7) is 21.4. The number of amides is 2. The molecule has 0 spiro atoms. The fourth-order valence-corrected chi connectivity index (χ4v) is 5.66. The Bertz CT molecular complexity index is 776. The third-order valence-corrected chi connectivity index (χ3v) is 7.33. The van der Waals surface area contributed by atoms with Gasteiger partial charge in [-0.1, -0.05) is 81.4 Å². The van der Waals surface area contributed by atoms with E-state index in [0.29, 0.717) is 0 Å². The van der Waals surface area contributed by atoms with Crippen molar-refractivity contribution in [2.24, 2.45) is 33.5 Å². The highest BCUT2D eigenvalue weighted by atomic mass is 16.3. The first-order valence-electron chi connectivity index (χ1n) is 10.6. The Morgan fingerprint density at radius 2 is 1.24 bits per heavy atom. The number of phenols is 1. The number of phenolic OH excluding ortho intramolecular Hbond substituents is 1. The molecule has 0 saturated carbocycles. The van der Waals surface area contributed by atoms with Gasteiger partial charge in [0.2, 0.25) is 11.8 Å². The monoisotopic (exact) mass is 401 g/mol. The molecule has 1 aromatic rings. The molecule has 1 heterocycles. The molecule has 0 bridgehead atoms. The Morgan fingerprint density at radius 1 is 0.793 bits per heavy atom. The third kappa shape index (κ3) is 4.08. The van der Waals surface area contributed by atoms with Crippen LogP contribution in [0.4, 0.5) is 0 Å². The molecule has 2 N–H and O–H groups in total.